The second-order valence-electron chi connectivity index (χ2n) is 14.1. The minimum absolute atomic E-state index is 0.0166. The first kappa shape index (κ1) is 48.4. The first-order chi connectivity index (χ1) is 24.5. The maximum absolute atomic E-state index is 13.1. The normalized spacial score (nSPS) is 13.8. The quantitative estimate of drug-likeness (QED) is 0.0765. The van der Waals surface area contributed by atoms with Gasteiger partial charge in [-0.15, -0.1) is 0 Å². The van der Waals surface area contributed by atoms with E-state index in [4.69, 9.17) is 23.1 Å². The maximum Gasteiger partial charge on any atom is 0.303 e. The van der Waals surface area contributed by atoms with Gasteiger partial charge in [-0.1, -0.05) is 105 Å². The third-order valence-corrected chi connectivity index (χ3v) is 8.42. The molecule has 296 valence electrons. The van der Waals surface area contributed by atoms with Crippen LogP contribution in [0.5, 0.6) is 0 Å². The van der Waals surface area contributed by atoms with Gasteiger partial charge < -0.3 is 42.7 Å². The third-order valence-electron chi connectivity index (χ3n) is 8.16. The molecule has 0 aromatic heterocycles. The highest BCUT2D eigenvalue weighted by molar-refractivity contribution is 7.80. The molecular formula is C38H67N7O6S. The third kappa shape index (κ3) is 21.0. The Morgan fingerprint density at radius 3 is 2.00 bits per heavy atom. The number of carboxylic acids is 1. The maximum atomic E-state index is 13.1. The van der Waals surface area contributed by atoms with E-state index in [1.165, 1.54) is 6.42 Å². The van der Waals surface area contributed by atoms with Gasteiger partial charge in [0.2, 0.25) is 23.6 Å². The molecule has 3 unspecified atom stereocenters. The van der Waals surface area contributed by atoms with Crippen LogP contribution in [-0.4, -0.2) is 76.9 Å². The number of aliphatic carboxylic acids is 1. The van der Waals surface area contributed by atoms with E-state index in [0.717, 1.165) is 17.5 Å². The number of nitrogens with one attached hydrogen (secondary N) is 6. The fraction of sp³-hybridized carbons (Fsp3) is 0.684. The van der Waals surface area contributed by atoms with Crippen LogP contribution in [0.4, 0.5) is 0 Å². The van der Waals surface area contributed by atoms with Gasteiger partial charge in [-0.2, -0.15) is 0 Å². The number of amides is 4. The van der Waals surface area contributed by atoms with Crippen LogP contribution in [0.1, 0.15) is 112 Å². The standard InChI is InChI=1S/C35H59N7O6S.C3H8/c1-8-23(6)32(41-28(43)13-10-14-30(44)45)35(48)39-20-29(49)40-27(15-21(2)3)19-37-24(7)33(46)42-31(22(4)5)34(47)38-18-26-12-9-11-25(16-26)17-36;1-3-2/h9,11-12,16,21-24,27,31-32,37H,8,10,13-15,17-20,36H2,1-7H3,(H,38,47)(H,39,48)(H,40,49)(H,41,43)(H,42,46)(H,44,45);3H2,1-2H3/t23-,24-,27?,31?,32?;/m0./s1. The molecule has 1 aromatic carbocycles. The molecule has 0 aliphatic heterocycles. The molecule has 0 saturated heterocycles. The predicted octanol–water partition coefficient (Wildman–Crippen LogP) is 3.53. The molecule has 0 bridgehead atoms. The summed E-state index contributed by atoms with van der Waals surface area (Å²) in [5.41, 5.74) is 7.62. The Hall–Kier alpha value is -3.62. The van der Waals surface area contributed by atoms with Crippen molar-refractivity contribution in [1.82, 2.24) is 31.9 Å². The van der Waals surface area contributed by atoms with Crippen LogP contribution in [0, 0.1) is 17.8 Å². The lowest BCUT2D eigenvalue weighted by atomic mass is 9.98. The Balaban J connectivity index is 0.00000835. The molecule has 0 aliphatic carbocycles. The zero-order valence-corrected chi connectivity index (χ0v) is 33.7. The van der Waals surface area contributed by atoms with E-state index in [9.17, 15) is 24.0 Å². The summed E-state index contributed by atoms with van der Waals surface area (Å²) in [6, 6.07) is 5.42. The van der Waals surface area contributed by atoms with E-state index in [0.29, 0.717) is 37.0 Å². The van der Waals surface area contributed by atoms with Crippen molar-refractivity contribution < 1.29 is 29.1 Å². The van der Waals surface area contributed by atoms with Gasteiger partial charge in [-0.3, -0.25) is 24.0 Å². The zero-order valence-electron chi connectivity index (χ0n) is 32.9. The van der Waals surface area contributed by atoms with Crippen LogP contribution in [0.2, 0.25) is 0 Å². The SMILES string of the molecule is CCC.CC[C@H](C)C(NC(=O)CCCC(=O)O)C(=O)NCC(=S)NC(CN[C@@H](C)C(=O)NC(C(=O)NCc1cccc(CN)c1)C(C)C)CC(C)C. The Morgan fingerprint density at radius 2 is 1.44 bits per heavy atom. The number of rotatable bonds is 23. The van der Waals surface area contributed by atoms with E-state index >= 15 is 0 Å². The highest BCUT2D eigenvalue weighted by Gasteiger charge is 2.28. The van der Waals surface area contributed by atoms with Crippen molar-refractivity contribution in [3.8, 4) is 0 Å². The fourth-order valence-corrected chi connectivity index (χ4v) is 5.30. The topological polar surface area (TPSA) is 204 Å². The molecule has 5 atom stereocenters. The van der Waals surface area contributed by atoms with Crippen LogP contribution >= 0.6 is 12.2 Å². The number of nitrogens with two attached hydrogens (primary N) is 1. The van der Waals surface area contributed by atoms with Gasteiger partial charge in [0.25, 0.3) is 0 Å². The monoisotopic (exact) mass is 749 g/mol. The molecule has 0 heterocycles. The predicted molar refractivity (Wildman–Crippen MR) is 211 cm³/mol. The lowest BCUT2D eigenvalue weighted by molar-refractivity contribution is -0.137. The minimum Gasteiger partial charge on any atom is -0.481 e. The first-order valence-corrected chi connectivity index (χ1v) is 19.1. The van der Waals surface area contributed by atoms with E-state index in [-0.39, 0.29) is 67.3 Å². The van der Waals surface area contributed by atoms with E-state index in [1.54, 1.807) is 6.92 Å². The Morgan fingerprint density at radius 1 is 0.827 bits per heavy atom. The number of carbonyl (C=O) groups is 5. The summed E-state index contributed by atoms with van der Waals surface area (Å²) < 4.78 is 0. The number of carbonyl (C=O) groups excluding carboxylic acids is 4. The minimum atomic E-state index is -0.977. The van der Waals surface area contributed by atoms with Gasteiger partial charge in [0.15, 0.2) is 0 Å². The summed E-state index contributed by atoms with van der Waals surface area (Å²) in [7, 11) is 0. The van der Waals surface area contributed by atoms with Crippen molar-refractivity contribution in [3.05, 3.63) is 35.4 Å². The van der Waals surface area contributed by atoms with Crippen LogP contribution in [0.25, 0.3) is 0 Å². The highest BCUT2D eigenvalue weighted by atomic mass is 32.1. The number of carboxylic acid groups (broad SMARTS) is 1. The molecule has 14 heteroatoms. The smallest absolute Gasteiger partial charge is 0.303 e. The van der Waals surface area contributed by atoms with Crippen molar-refractivity contribution in [3.63, 3.8) is 0 Å². The summed E-state index contributed by atoms with van der Waals surface area (Å²) in [6.45, 7) is 18.9. The average molecular weight is 750 g/mol. The summed E-state index contributed by atoms with van der Waals surface area (Å²) in [5, 5.41) is 26.7. The molecular weight excluding hydrogens is 683 g/mol. The first-order valence-electron chi connectivity index (χ1n) is 18.7. The van der Waals surface area contributed by atoms with Gasteiger partial charge in [0.05, 0.1) is 17.6 Å². The van der Waals surface area contributed by atoms with E-state index < -0.39 is 24.1 Å². The van der Waals surface area contributed by atoms with E-state index in [2.05, 4.69) is 59.6 Å². The van der Waals surface area contributed by atoms with Gasteiger partial charge in [-0.05, 0) is 48.6 Å². The van der Waals surface area contributed by atoms with Crippen LogP contribution in [-0.2, 0) is 37.1 Å². The second-order valence-corrected chi connectivity index (χ2v) is 14.6. The fourth-order valence-electron chi connectivity index (χ4n) is 5.06. The molecule has 1 rings (SSSR count). The molecule has 0 saturated carbocycles. The van der Waals surface area contributed by atoms with Crippen LogP contribution < -0.4 is 37.6 Å². The number of hydrogen-bond donors (Lipinski definition) is 8. The van der Waals surface area contributed by atoms with Crippen molar-refractivity contribution in [2.75, 3.05) is 13.1 Å². The molecule has 0 radical (unpaired) electrons. The second kappa shape index (κ2) is 27.1. The van der Waals surface area contributed by atoms with Gasteiger partial charge >= 0.3 is 5.97 Å². The largest absolute Gasteiger partial charge is 0.481 e. The zero-order chi connectivity index (χ0) is 39.8. The molecule has 9 N–H and O–H groups in total. The molecule has 1 aromatic rings. The van der Waals surface area contributed by atoms with Crippen molar-refractivity contribution in [2.45, 2.75) is 138 Å². The van der Waals surface area contributed by atoms with Crippen LogP contribution in [0.3, 0.4) is 0 Å². The van der Waals surface area contributed by atoms with Crippen LogP contribution in [0.15, 0.2) is 24.3 Å². The molecule has 52 heavy (non-hydrogen) atoms. The number of benzene rings is 1. The Labute approximate surface area is 317 Å². The van der Waals surface area contributed by atoms with Crippen molar-refractivity contribution >= 4 is 46.8 Å². The molecule has 0 aliphatic rings. The Bertz CT molecular complexity index is 1260. The van der Waals surface area contributed by atoms with Crippen molar-refractivity contribution in [2.24, 2.45) is 23.5 Å². The van der Waals surface area contributed by atoms with Gasteiger partial charge in [0.1, 0.15) is 12.1 Å². The molecule has 4 amide bonds. The van der Waals surface area contributed by atoms with Gasteiger partial charge in [-0.25, -0.2) is 0 Å². The number of hydrogen-bond acceptors (Lipinski definition) is 8. The summed E-state index contributed by atoms with van der Waals surface area (Å²) in [5.74, 6) is -2.28. The lowest BCUT2D eigenvalue weighted by Crippen LogP contribution is -2.55. The molecule has 13 nitrogen and oxygen atoms in total. The molecule has 0 fully saturated rings. The average Bonchev–Trinajstić information content (AvgIpc) is 3.08. The highest BCUT2D eigenvalue weighted by Crippen LogP contribution is 2.10. The summed E-state index contributed by atoms with van der Waals surface area (Å²) >= 11 is 5.55. The summed E-state index contributed by atoms with van der Waals surface area (Å²) in [6.07, 6.45) is 2.72. The molecule has 0 spiro atoms. The Kier molecular flexibility index (Phi) is 25.2. The number of thiocarbonyl (C=S) groups is 1. The van der Waals surface area contributed by atoms with E-state index in [1.807, 2.05) is 52.0 Å². The van der Waals surface area contributed by atoms with Crippen molar-refractivity contribution in [1.29, 1.82) is 0 Å². The van der Waals surface area contributed by atoms with Gasteiger partial charge in [0, 0.05) is 38.5 Å². The summed E-state index contributed by atoms with van der Waals surface area (Å²) in [4.78, 5) is 62.8. The lowest BCUT2D eigenvalue weighted by Gasteiger charge is -2.27.